The molecule has 5 nitrogen and oxygen atoms in total. The second-order valence-electron chi connectivity index (χ2n) is 5.40. The van der Waals surface area contributed by atoms with Crippen LogP contribution < -0.4 is 4.74 Å². The highest BCUT2D eigenvalue weighted by molar-refractivity contribution is 6.31. The number of carbonyl (C=O) groups is 1. The van der Waals surface area contributed by atoms with Gasteiger partial charge >= 0.3 is 0 Å². The van der Waals surface area contributed by atoms with Crippen molar-refractivity contribution in [3.05, 3.63) is 28.8 Å². The molecule has 0 aliphatic carbocycles. The molecule has 0 N–H and O–H groups in total. The summed E-state index contributed by atoms with van der Waals surface area (Å²) >= 11 is 6.18. The summed E-state index contributed by atoms with van der Waals surface area (Å²) in [6.07, 6.45) is 0.308. The maximum atomic E-state index is 12.3. The summed E-state index contributed by atoms with van der Waals surface area (Å²) in [5.41, 5.74) is 0.825. The zero-order chi connectivity index (χ0) is 15.9. The predicted octanol–water partition coefficient (Wildman–Crippen LogP) is 1.68. The average Bonchev–Trinajstić information content (AvgIpc) is 2.55. The standard InChI is InChI=1S/C16H23ClN2O3/c1-18(5-6-19-7-9-22-10-8-19)16(20)11-13-3-4-14(21-2)12-15(13)17/h3-4,12H,5-11H2,1-2H3. The highest BCUT2D eigenvalue weighted by atomic mass is 35.5. The van der Waals surface area contributed by atoms with E-state index in [2.05, 4.69) is 4.90 Å². The molecule has 0 radical (unpaired) electrons. The van der Waals surface area contributed by atoms with Crippen LogP contribution in [-0.2, 0) is 16.0 Å². The third-order valence-corrected chi connectivity index (χ3v) is 4.23. The summed E-state index contributed by atoms with van der Waals surface area (Å²) in [6.45, 7) is 5.02. The molecule has 122 valence electrons. The monoisotopic (exact) mass is 326 g/mol. The Labute approximate surface area is 136 Å². The molecular formula is C16H23ClN2O3. The number of likely N-dealkylation sites (N-methyl/N-ethyl adjacent to an activating group) is 1. The van der Waals surface area contributed by atoms with Crippen molar-refractivity contribution in [3.63, 3.8) is 0 Å². The van der Waals surface area contributed by atoms with E-state index >= 15 is 0 Å². The molecule has 1 aliphatic rings. The molecule has 0 unspecified atom stereocenters. The molecule has 0 aromatic heterocycles. The van der Waals surface area contributed by atoms with Gasteiger partial charge in [0.05, 0.1) is 26.7 Å². The Hall–Kier alpha value is -1.30. The molecule has 1 aromatic rings. The van der Waals surface area contributed by atoms with Crippen LogP contribution in [0.25, 0.3) is 0 Å². The van der Waals surface area contributed by atoms with E-state index < -0.39 is 0 Å². The van der Waals surface area contributed by atoms with Crippen LogP contribution in [0.15, 0.2) is 18.2 Å². The highest BCUT2D eigenvalue weighted by Crippen LogP contribution is 2.23. The molecule has 1 aromatic carbocycles. The fourth-order valence-electron chi connectivity index (χ4n) is 2.34. The number of carbonyl (C=O) groups excluding carboxylic acids is 1. The van der Waals surface area contributed by atoms with Crippen molar-refractivity contribution in [3.8, 4) is 5.75 Å². The van der Waals surface area contributed by atoms with Crippen molar-refractivity contribution in [2.45, 2.75) is 6.42 Å². The van der Waals surface area contributed by atoms with Crippen LogP contribution in [0.5, 0.6) is 5.75 Å². The van der Waals surface area contributed by atoms with Gasteiger partial charge in [0.15, 0.2) is 0 Å². The first-order chi connectivity index (χ1) is 10.6. The van der Waals surface area contributed by atoms with Crippen LogP contribution in [0.1, 0.15) is 5.56 Å². The third-order valence-electron chi connectivity index (χ3n) is 3.88. The molecule has 0 saturated carbocycles. The van der Waals surface area contributed by atoms with Crippen molar-refractivity contribution in [2.75, 3.05) is 53.6 Å². The number of hydrogen-bond acceptors (Lipinski definition) is 4. The number of halogens is 1. The fourth-order valence-corrected chi connectivity index (χ4v) is 2.57. The van der Waals surface area contributed by atoms with Gasteiger partial charge in [-0.1, -0.05) is 17.7 Å². The molecule has 0 bridgehead atoms. The van der Waals surface area contributed by atoms with Crippen molar-refractivity contribution < 1.29 is 14.3 Å². The predicted molar refractivity (Wildman–Crippen MR) is 86.6 cm³/mol. The minimum absolute atomic E-state index is 0.0697. The minimum atomic E-state index is 0.0697. The van der Waals surface area contributed by atoms with Gasteiger partial charge in [-0.3, -0.25) is 9.69 Å². The van der Waals surface area contributed by atoms with Gasteiger partial charge in [0.1, 0.15) is 5.75 Å². The lowest BCUT2D eigenvalue weighted by atomic mass is 10.1. The van der Waals surface area contributed by atoms with E-state index in [4.69, 9.17) is 21.1 Å². The van der Waals surface area contributed by atoms with Crippen LogP contribution in [-0.4, -0.2) is 69.3 Å². The fraction of sp³-hybridized carbons (Fsp3) is 0.562. The summed E-state index contributed by atoms with van der Waals surface area (Å²) in [5.74, 6) is 0.766. The summed E-state index contributed by atoms with van der Waals surface area (Å²) < 4.78 is 10.4. The SMILES string of the molecule is COc1ccc(CC(=O)N(C)CCN2CCOCC2)c(Cl)c1. The van der Waals surface area contributed by atoms with Crippen LogP contribution >= 0.6 is 11.6 Å². The molecule has 22 heavy (non-hydrogen) atoms. The Morgan fingerprint density at radius 3 is 2.77 bits per heavy atom. The van der Waals surface area contributed by atoms with E-state index in [-0.39, 0.29) is 5.91 Å². The van der Waals surface area contributed by atoms with Gasteiger partial charge in [-0.05, 0) is 17.7 Å². The number of morpholine rings is 1. The minimum Gasteiger partial charge on any atom is -0.497 e. The number of benzene rings is 1. The lowest BCUT2D eigenvalue weighted by Gasteiger charge is -2.28. The number of amides is 1. The molecule has 1 heterocycles. The number of nitrogens with zero attached hydrogens (tertiary/aromatic N) is 2. The molecule has 2 rings (SSSR count). The van der Waals surface area contributed by atoms with E-state index in [1.165, 1.54) is 0 Å². The van der Waals surface area contributed by atoms with Crippen LogP contribution in [0.4, 0.5) is 0 Å². The van der Waals surface area contributed by atoms with Crippen molar-refractivity contribution in [1.29, 1.82) is 0 Å². The highest BCUT2D eigenvalue weighted by Gasteiger charge is 2.15. The Kier molecular flexibility index (Phi) is 6.49. The largest absolute Gasteiger partial charge is 0.497 e. The third kappa shape index (κ3) is 4.87. The molecule has 0 spiro atoms. The Morgan fingerprint density at radius 2 is 2.14 bits per heavy atom. The van der Waals surface area contributed by atoms with Gasteiger partial charge in [0.2, 0.25) is 5.91 Å². The number of methoxy groups -OCH3 is 1. The van der Waals surface area contributed by atoms with E-state index in [9.17, 15) is 4.79 Å². The maximum absolute atomic E-state index is 12.3. The Balaban J connectivity index is 1.82. The quantitative estimate of drug-likeness (QED) is 0.797. The number of rotatable bonds is 6. The van der Waals surface area contributed by atoms with Crippen LogP contribution in [0, 0.1) is 0 Å². The smallest absolute Gasteiger partial charge is 0.226 e. The van der Waals surface area contributed by atoms with Gasteiger partial charge in [-0.2, -0.15) is 0 Å². The number of ether oxygens (including phenoxy) is 2. The van der Waals surface area contributed by atoms with E-state index in [1.807, 2.05) is 19.2 Å². The van der Waals surface area contributed by atoms with Crippen LogP contribution in [0.2, 0.25) is 5.02 Å². The van der Waals surface area contributed by atoms with Crippen molar-refractivity contribution in [1.82, 2.24) is 9.80 Å². The van der Waals surface area contributed by atoms with Crippen molar-refractivity contribution >= 4 is 17.5 Å². The molecule has 6 heteroatoms. The van der Waals surface area contributed by atoms with Gasteiger partial charge in [-0.15, -0.1) is 0 Å². The number of hydrogen-bond donors (Lipinski definition) is 0. The van der Waals surface area contributed by atoms with E-state index in [0.717, 1.165) is 38.4 Å². The molecule has 1 saturated heterocycles. The summed E-state index contributed by atoms with van der Waals surface area (Å²) in [4.78, 5) is 16.4. The molecule has 1 amide bonds. The summed E-state index contributed by atoms with van der Waals surface area (Å²) in [7, 11) is 3.43. The second kappa shape index (κ2) is 8.36. The van der Waals surface area contributed by atoms with Crippen molar-refractivity contribution in [2.24, 2.45) is 0 Å². The first kappa shape index (κ1) is 17.1. The lowest BCUT2D eigenvalue weighted by Crippen LogP contribution is -2.42. The lowest BCUT2D eigenvalue weighted by molar-refractivity contribution is -0.129. The normalized spacial score (nSPS) is 15.6. The van der Waals surface area contributed by atoms with Crippen LogP contribution in [0.3, 0.4) is 0 Å². The van der Waals surface area contributed by atoms with E-state index in [1.54, 1.807) is 18.1 Å². The molecule has 1 aliphatic heterocycles. The topological polar surface area (TPSA) is 42.0 Å². The first-order valence-corrected chi connectivity index (χ1v) is 7.84. The van der Waals surface area contributed by atoms with Gasteiger partial charge in [0.25, 0.3) is 0 Å². The summed E-state index contributed by atoms with van der Waals surface area (Å²) in [5, 5.41) is 0.564. The zero-order valence-electron chi connectivity index (χ0n) is 13.2. The Bertz CT molecular complexity index is 504. The Morgan fingerprint density at radius 1 is 1.41 bits per heavy atom. The molecule has 1 fully saturated rings. The summed E-state index contributed by atoms with van der Waals surface area (Å²) in [6, 6.07) is 5.40. The average molecular weight is 327 g/mol. The zero-order valence-corrected chi connectivity index (χ0v) is 13.9. The molecular weight excluding hydrogens is 304 g/mol. The van der Waals surface area contributed by atoms with Gasteiger partial charge in [0, 0.05) is 38.2 Å². The van der Waals surface area contributed by atoms with Gasteiger partial charge < -0.3 is 14.4 Å². The maximum Gasteiger partial charge on any atom is 0.226 e. The first-order valence-electron chi connectivity index (χ1n) is 7.46. The second-order valence-corrected chi connectivity index (χ2v) is 5.81. The van der Waals surface area contributed by atoms with E-state index in [0.29, 0.717) is 23.7 Å². The molecule has 0 atom stereocenters. The van der Waals surface area contributed by atoms with Gasteiger partial charge in [-0.25, -0.2) is 0 Å².